The molecule has 0 unspecified atom stereocenters. The van der Waals surface area contributed by atoms with Gasteiger partial charge in [-0.05, 0) is 36.2 Å². The zero-order valence-electron chi connectivity index (χ0n) is 12.1. The summed E-state index contributed by atoms with van der Waals surface area (Å²) in [6.45, 7) is 1.87. The summed E-state index contributed by atoms with van der Waals surface area (Å²) in [7, 11) is -3.70. The predicted molar refractivity (Wildman–Crippen MR) is 85.9 cm³/mol. The van der Waals surface area contributed by atoms with Gasteiger partial charge in [-0.15, -0.1) is 0 Å². The lowest BCUT2D eigenvalue weighted by Crippen LogP contribution is -2.24. The first-order valence-corrected chi connectivity index (χ1v) is 8.81. The Balaban J connectivity index is 2.14. The van der Waals surface area contributed by atoms with Gasteiger partial charge in [-0.1, -0.05) is 43.1 Å². The van der Waals surface area contributed by atoms with Crippen molar-refractivity contribution >= 4 is 21.6 Å². The standard InChI is InChI=1S/C16H17ClFNO2S/c1-2-4-12-7-9-13(10-8-12)22(20,21)19-11-14-15(17)5-3-6-16(14)18/h3,5-10,19H,2,4,11H2,1H3. The Bertz CT molecular complexity index is 725. The number of hydrogen-bond acceptors (Lipinski definition) is 2. The molecule has 3 nitrogen and oxygen atoms in total. The van der Waals surface area contributed by atoms with Gasteiger partial charge >= 0.3 is 0 Å². The van der Waals surface area contributed by atoms with Gasteiger partial charge in [0.2, 0.25) is 10.0 Å². The number of rotatable bonds is 6. The second kappa shape index (κ2) is 7.22. The van der Waals surface area contributed by atoms with Crippen LogP contribution in [0, 0.1) is 5.82 Å². The highest BCUT2D eigenvalue weighted by Gasteiger charge is 2.16. The molecule has 0 radical (unpaired) electrons. The summed E-state index contributed by atoms with van der Waals surface area (Å²) in [5, 5.41) is 0.195. The number of aryl methyl sites for hydroxylation is 1. The van der Waals surface area contributed by atoms with E-state index in [1.54, 1.807) is 24.3 Å². The normalized spacial score (nSPS) is 11.6. The van der Waals surface area contributed by atoms with E-state index in [-0.39, 0.29) is 22.0 Å². The number of nitrogens with one attached hydrogen (secondary N) is 1. The van der Waals surface area contributed by atoms with Gasteiger partial charge < -0.3 is 0 Å². The molecule has 0 fully saturated rings. The van der Waals surface area contributed by atoms with Gasteiger partial charge in [-0.3, -0.25) is 0 Å². The van der Waals surface area contributed by atoms with Crippen molar-refractivity contribution in [2.45, 2.75) is 31.2 Å². The molecule has 0 spiro atoms. The van der Waals surface area contributed by atoms with Gasteiger partial charge in [-0.25, -0.2) is 17.5 Å². The molecule has 0 bridgehead atoms. The molecular weight excluding hydrogens is 325 g/mol. The molecule has 0 aliphatic rings. The van der Waals surface area contributed by atoms with Crippen LogP contribution >= 0.6 is 11.6 Å². The van der Waals surface area contributed by atoms with Crippen LogP contribution in [0.2, 0.25) is 5.02 Å². The van der Waals surface area contributed by atoms with Crippen LogP contribution in [-0.2, 0) is 23.0 Å². The first kappa shape index (κ1) is 16.9. The van der Waals surface area contributed by atoms with Gasteiger partial charge in [0.05, 0.1) is 4.90 Å². The fourth-order valence-electron chi connectivity index (χ4n) is 2.08. The van der Waals surface area contributed by atoms with Crippen molar-refractivity contribution in [3.05, 3.63) is 64.4 Å². The molecule has 0 aliphatic carbocycles. The van der Waals surface area contributed by atoms with Gasteiger partial charge in [0.15, 0.2) is 0 Å². The average molecular weight is 342 g/mol. The van der Waals surface area contributed by atoms with Crippen LogP contribution in [0.3, 0.4) is 0 Å². The van der Waals surface area contributed by atoms with Gasteiger partial charge in [0.1, 0.15) is 5.82 Å². The molecule has 1 N–H and O–H groups in total. The van der Waals surface area contributed by atoms with E-state index < -0.39 is 15.8 Å². The maximum atomic E-state index is 13.6. The average Bonchev–Trinajstić information content (AvgIpc) is 2.47. The molecule has 6 heteroatoms. The Labute approximate surface area is 135 Å². The topological polar surface area (TPSA) is 46.2 Å². The van der Waals surface area contributed by atoms with Crippen molar-refractivity contribution in [2.24, 2.45) is 0 Å². The Hall–Kier alpha value is -1.43. The number of halogens is 2. The summed E-state index contributed by atoms with van der Waals surface area (Å²) in [5.74, 6) is -0.534. The summed E-state index contributed by atoms with van der Waals surface area (Å²) >= 11 is 5.89. The minimum absolute atomic E-state index is 0.135. The monoisotopic (exact) mass is 341 g/mol. The van der Waals surface area contributed by atoms with Crippen LogP contribution in [0.15, 0.2) is 47.4 Å². The van der Waals surface area contributed by atoms with Crippen LogP contribution < -0.4 is 4.72 Å². The van der Waals surface area contributed by atoms with Crippen molar-refractivity contribution in [1.29, 1.82) is 0 Å². The summed E-state index contributed by atoms with van der Waals surface area (Å²) in [5.41, 5.74) is 1.22. The third-order valence-corrected chi connectivity index (χ3v) is 5.04. The summed E-state index contributed by atoms with van der Waals surface area (Å²) in [4.78, 5) is 0.153. The van der Waals surface area contributed by atoms with E-state index >= 15 is 0 Å². The number of sulfonamides is 1. The minimum Gasteiger partial charge on any atom is -0.207 e. The van der Waals surface area contributed by atoms with Crippen LogP contribution in [0.1, 0.15) is 24.5 Å². The molecular formula is C16H17ClFNO2S. The van der Waals surface area contributed by atoms with Crippen LogP contribution in [0.5, 0.6) is 0 Å². The van der Waals surface area contributed by atoms with E-state index in [1.807, 2.05) is 0 Å². The summed E-state index contributed by atoms with van der Waals surface area (Å²) in [6.07, 6.45) is 1.90. The van der Waals surface area contributed by atoms with Gasteiger partial charge in [0.25, 0.3) is 0 Å². The van der Waals surface area contributed by atoms with Crippen molar-refractivity contribution in [2.75, 3.05) is 0 Å². The van der Waals surface area contributed by atoms with Crippen molar-refractivity contribution in [3.63, 3.8) is 0 Å². The first-order valence-electron chi connectivity index (χ1n) is 6.95. The largest absolute Gasteiger partial charge is 0.240 e. The molecule has 0 saturated carbocycles. The van der Waals surface area contributed by atoms with E-state index in [0.717, 1.165) is 18.4 Å². The smallest absolute Gasteiger partial charge is 0.207 e. The lowest BCUT2D eigenvalue weighted by atomic mass is 10.1. The lowest BCUT2D eigenvalue weighted by Gasteiger charge is -2.09. The Morgan fingerprint density at radius 3 is 2.41 bits per heavy atom. The molecule has 0 aliphatic heterocycles. The summed E-state index contributed by atoms with van der Waals surface area (Å²) in [6, 6.07) is 10.9. The maximum Gasteiger partial charge on any atom is 0.240 e. The second-order valence-corrected chi connectivity index (χ2v) is 7.09. The molecule has 0 amide bonds. The zero-order valence-corrected chi connectivity index (χ0v) is 13.7. The Morgan fingerprint density at radius 1 is 1.14 bits per heavy atom. The van der Waals surface area contributed by atoms with Crippen molar-refractivity contribution in [1.82, 2.24) is 4.72 Å². The van der Waals surface area contributed by atoms with Crippen molar-refractivity contribution in [3.8, 4) is 0 Å². The number of benzene rings is 2. The highest BCUT2D eigenvalue weighted by atomic mass is 35.5. The molecule has 2 rings (SSSR count). The second-order valence-electron chi connectivity index (χ2n) is 4.92. The van der Waals surface area contributed by atoms with Crippen LogP contribution in [0.4, 0.5) is 4.39 Å². The molecule has 2 aromatic carbocycles. The van der Waals surface area contributed by atoms with Gasteiger partial charge in [0, 0.05) is 17.1 Å². The first-order chi connectivity index (χ1) is 10.4. The SMILES string of the molecule is CCCc1ccc(S(=O)(=O)NCc2c(F)cccc2Cl)cc1. The van der Waals surface area contributed by atoms with Crippen LogP contribution in [0.25, 0.3) is 0 Å². The molecule has 0 saturated heterocycles. The fraction of sp³-hybridized carbons (Fsp3) is 0.250. The molecule has 22 heavy (non-hydrogen) atoms. The minimum atomic E-state index is -3.70. The van der Waals surface area contributed by atoms with Crippen LogP contribution in [-0.4, -0.2) is 8.42 Å². The van der Waals surface area contributed by atoms with E-state index in [0.29, 0.717) is 0 Å². The van der Waals surface area contributed by atoms with Gasteiger partial charge in [-0.2, -0.15) is 0 Å². The zero-order chi connectivity index (χ0) is 16.2. The Kier molecular flexibility index (Phi) is 5.56. The quantitative estimate of drug-likeness (QED) is 0.865. The predicted octanol–water partition coefficient (Wildman–Crippen LogP) is 3.91. The lowest BCUT2D eigenvalue weighted by molar-refractivity contribution is 0.574. The third-order valence-electron chi connectivity index (χ3n) is 3.27. The highest BCUT2D eigenvalue weighted by Crippen LogP contribution is 2.20. The molecule has 2 aromatic rings. The summed E-state index contributed by atoms with van der Waals surface area (Å²) < 4.78 is 40.5. The van der Waals surface area contributed by atoms with E-state index in [1.165, 1.54) is 18.2 Å². The molecule has 0 aromatic heterocycles. The van der Waals surface area contributed by atoms with E-state index in [2.05, 4.69) is 11.6 Å². The van der Waals surface area contributed by atoms with E-state index in [4.69, 9.17) is 11.6 Å². The third kappa shape index (κ3) is 4.06. The molecule has 0 heterocycles. The molecule has 0 atom stereocenters. The van der Waals surface area contributed by atoms with E-state index in [9.17, 15) is 12.8 Å². The fourth-order valence-corrected chi connectivity index (χ4v) is 3.30. The number of hydrogen-bond donors (Lipinski definition) is 1. The Morgan fingerprint density at radius 2 is 1.82 bits per heavy atom. The maximum absolute atomic E-state index is 13.6. The highest BCUT2D eigenvalue weighted by molar-refractivity contribution is 7.89. The molecule has 118 valence electrons. The van der Waals surface area contributed by atoms with Crippen molar-refractivity contribution < 1.29 is 12.8 Å².